The first kappa shape index (κ1) is 21.1. The van der Waals surface area contributed by atoms with E-state index in [9.17, 15) is 10.2 Å². The Bertz CT molecular complexity index is 1010. The molecule has 0 aromatic heterocycles. The smallest absolute Gasteiger partial charge is 0.504 e. The molecule has 2 aliphatic rings. The Morgan fingerprint density at radius 2 is 1.17 bits per heavy atom. The molecule has 0 saturated carbocycles. The second-order valence-electron chi connectivity index (χ2n) is 11.3. The van der Waals surface area contributed by atoms with Gasteiger partial charge in [-0.3, -0.25) is 13.6 Å². The van der Waals surface area contributed by atoms with Crippen molar-refractivity contribution in [2.45, 2.75) is 78.6 Å². The molecule has 1 unspecified atom stereocenters. The topological polar surface area (TPSA) is 68.2 Å². The number of hydrogen-bond acceptors (Lipinski definition) is 5. The zero-order valence-corrected chi connectivity index (χ0v) is 20.2. The summed E-state index contributed by atoms with van der Waals surface area (Å²) in [7, 11) is -3.04. The summed E-state index contributed by atoms with van der Waals surface area (Å²) in [6.07, 6.45) is 0. The Labute approximate surface area is 179 Å². The average molecular weight is 431 g/mol. The van der Waals surface area contributed by atoms with Crippen LogP contribution in [0.1, 0.15) is 79.0 Å². The molecular weight excluding hydrogens is 399 g/mol. The van der Waals surface area contributed by atoms with E-state index in [1.54, 1.807) is 0 Å². The zero-order valence-electron chi connectivity index (χ0n) is 19.3. The van der Waals surface area contributed by atoms with Crippen LogP contribution >= 0.6 is 7.94 Å². The van der Waals surface area contributed by atoms with E-state index in [2.05, 4.69) is 74.4 Å². The third-order valence-electron chi connectivity index (χ3n) is 5.66. The summed E-state index contributed by atoms with van der Waals surface area (Å²) >= 11 is 0. The molecule has 6 heteroatoms. The first-order chi connectivity index (χ1) is 13.5. The predicted octanol–water partition coefficient (Wildman–Crippen LogP) is 6.24. The fraction of sp³-hybridized carbons (Fsp3) is 0.500. The Balaban J connectivity index is 2.04. The minimum atomic E-state index is -3.04. The van der Waals surface area contributed by atoms with E-state index < -0.39 is 7.94 Å². The Hall–Kier alpha value is -2.13. The minimum absolute atomic E-state index is 0.0274. The lowest BCUT2D eigenvalue weighted by Crippen LogP contribution is -2.37. The molecule has 4 rings (SSSR count). The number of phenols is 2. The molecule has 2 heterocycles. The van der Waals surface area contributed by atoms with E-state index in [4.69, 9.17) is 13.6 Å². The summed E-state index contributed by atoms with van der Waals surface area (Å²) in [5.74, 6) is 0.379. The van der Waals surface area contributed by atoms with E-state index in [1.807, 2.05) is 0 Å². The number of rotatable bonds is 1. The molecule has 5 nitrogen and oxygen atoms in total. The van der Waals surface area contributed by atoms with Crippen molar-refractivity contribution >= 4 is 13.2 Å². The average Bonchev–Trinajstić information content (AvgIpc) is 3.14. The van der Waals surface area contributed by atoms with Crippen LogP contribution in [0, 0.1) is 0 Å². The van der Waals surface area contributed by atoms with Crippen LogP contribution in [0.2, 0.25) is 0 Å². The number of fused-ring (bicyclic) bond motifs is 1. The Kier molecular flexibility index (Phi) is 4.20. The van der Waals surface area contributed by atoms with E-state index in [0.717, 1.165) is 16.4 Å². The molecule has 0 aliphatic carbocycles. The van der Waals surface area contributed by atoms with Crippen molar-refractivity contribution in [3.63, 3.8) is 0 Å². The predicted molar refractivity (Wildman–Crippen MR) is 121 cm³/mol. The number of hydrogen-bond donors (Lipinski definition) is 2. The Morgan fingerprint density at radius 1 is 0.667 bits per heavy atom. The minimum Gasteiger partial charge on any atom is -0.504 e. The van der Waals surface area contributed by atoms with Crippen LogP contribution < -0.4 is 18.9 Å². The maximum Gasteiger partial charge on any atom is 0.581 e. The van der Waals surface area contributed by atoms with Crippen molar-refractivity contribution in [1.82, 2.24) is 0 Å². The molecule has 2 N–H and O–H groups in total. The van der Waals surface area contributed by atoms with Crippen LogP contribution in [0.15, 0.2) is 18.2 Å². The molecule has 2 bridgehead atoms. The summed E-state index contributed by atoms with van der Waals surface area (Å²) in [5, 5.41) is 21.3. The van der Waals surface area contributed by atoms with Gasteiger partial charge in [0.1, 0.15) is 0 Å². The van der Waals surface area contributed by atoms with E-state index in [-0.39, 0.29) is 33.5 Å². The largest absolute Gasteiger partial charge is 0.581 e. The molecule has 0 amide bonds. The lowest BCUT2D eigenvalue weighted by atomic mass is 9.75. The molecule has 0 saturated heterocycles. The number of benzene rings is 2. The van der Waals surface area contributed by atoms with Crippen molar-refractivity contribution < 1.29 is 23.8 Å². The van der Waals surface area contributed by atoms with Crippen molar-refractivity contribution in [3.05, 3.63) is 34.9 Å². The SMILES string of the molecule is CC(C)(C)c1cc(C(C)(C)C)c([P+]23Oc4cc(O)c(O)c(c4O2)O3)c(C(C)(C)C)c1. The third-order valence-corrected chi connectivity index (χ3v) is 7.98. The highest BCUT2D eigenvalue weighted by molar-refractivity contribution is 7.71. The molecule has 162 valence electrons. The van der Waals surface area contributed by atoms with Gasteiger partial charge in [0.05, 0.1) is 0 Å². The van der Waals surface area contributed by atoms with E-state index in [0.29, 0.717) is 11.5 Å². The van der Waals surface area contributed by atoms with Gasteiger partial charge in [-0.25, -0.2) is 0 Å². The molecule has 30 heavy (non-hydrogen) atoms. The molecular formula is C24H32O5P+. The molecule has 2 aromatic rings. The third kappa shape index (κ3) is 3.01. The van der Waals surface area contributed by atoms with Gasteiger partial charge in [0.15, 0.2) is 5.75 Å². The highest BCUT2D eigenvalue weighted by atomic mass is 31.2. The highest BCUT2D eigenvalue weighted by Gasteiger charge is 2.69. The van der Waals surface area contributed by atoms with Crippen LogP contribution in [0.3, 0.4) is 0 Å². The fourth-order valence-corrected chi connectivity index (χ4v) is 6.89. The van der Waals surface area contributed by atoms with E-state index in [1.165, 1.54) is 11.6 Å². The van der Waals surface area contributed by atoms with Gasteiger partial charge in [-0.2, -0.15) is 0 Å². The maximum atomic E-state index is 10.3. The van der Waals surface area contributed by atoms with Gasteiger partial charge in [0, 0.05) is 17.2 Å². The number of phenolic OH excluding ortho intramolecular Hbond substituents is 2. The van der Waals surface area contributed by atoms with Crippen LogP contribution in [-0.4, -0.2) is 10.2 Å². The normalized spacial score (nSPS) is 20.0. The van der Waals surface area contributed by atoms with Crippen molar-refractivity contribution in [2.75, 3.05) is 0 Å². The molecule has 0 spiro atoms. The van der Waals surface area contributed by atoms with Gasteiger partial charge < -0.3 is 10.2 Å². The first-order valence-electron chi connectivity index (χ1n) is 10.3. The fourth-order valence-electron chi connectivity index (χ4n) is 3.90. The molecule has 2 aromatic carbocycles. The second-order valence-corrected chi connectivity index (χ2v) is 13.3. The maximum absolute atomic E-state index is 10.3. The Morgan fingerprint density at radius 3 is 1.63 bits per heavy atom. The van der Waals surface area contributed by atoms with Crippen molar-refractivity contribution in [3.8, 4) is 28.7 Å². The highest BCUT2D eigenvalue weighted by Crippen LogP contribution is 2.78. The van der Waals surface area contributed by atoms with E-state index >= 15 is 0 Å². The molecule has 0 fully saturated rings. The quantitative estimate of drug-likeness (QED) is 0.413. The van der Waals surface area contributed by atoms with Gasteiger partial charge in [0.25, 0.3) is 11.5 Å². The van der Waals surface area contributed by atoms with Gasteiger partial charge in [0.2, 0.25) is 16.8 Å². The van der Waals surface area contributed by atoms with Crippen LogP contribution in [0.5, 0.6) is 28.7 Å². The van der Waals surface area contributed by atoms with Gasteiger partial charge in [-0.1, -0.05) is 74.4 Å². The summed E-state index contributed by atoms with van der Waals surface area (Å²) in [5.41, 5.74) is 3.06. The summed E-state index contributed by atoms with van der Waals surface area (Å²) in [6.45, 7) is 19.7. The molecule has 0 radical (unpaired) electrons. The lowest BCUT2D eigenvalue weighted by molar-refractivity contribution is 0.371. The summed E-state index contributed by atoms with van der Waals surface area (Å²) < 4.78 is 18.8. The van der Waals surface area contributed by atoms with Gasteiger partial charge in [-0.15, -0.1) is 0 Å². The van der Waals surface area contributed by atoms with Crippen LogP contribution in [0.25, 0.3) is 0 Å². The van der Waals surface area contributed by atoms with Crippen molar-refractivity contribution in [1.29, 1.82) is 0 Å². The first-order valence-corrected chi connectivity index (χ1v) is 11.9. The van der Waals surface area contributed by atoms with Crippen LogP contribution in [-0.2, 0) is 16.2 Å². The molecule has 1 atom stereocenters. The zero-order chi connectivity index (χ0) is 22.4. The summed E-state index contributed by atoms with van der Waals surface area (Å²) in [6, 6.07) is 5.89. The van der Waals surface area contributed by atoms with Gasteiger partial charge in [-0.05, 0) is 21.8 Å². The van der Waals surface area contributed by atoms with Gasteiger partial charge >= 0.3 is 7.94 Å². The molecule has 2 aliphatic heterocycles. The van der Waals surface area contributed by atoms with Crippen LogP contribution in [0.4, 0.5) is 0 Å². The standard InChI is InChI=1S/C24H31O5P/c1-22(2,3)13-10-14(23(4,5)6)21(15(11-13)24(7,8)9)30-27-17-12-16(25)18(26)20(29-30)19(17)28-30/h10-12H,1-9H3,(H-,25,26)/p+1. The second kappa shape index (κ2) is 5.97. The summed E-state index contributed by atoms with van der Waals surface area (Å²) in [4.78, 5) is 0. The monoisotopic (exact) mass is 431 g/mol. The van der Waals surface area contributed by atoms with Crippen molar-refractivity contribution in [2.24, 2.45) is 0 Å². The lowest BCUT2D eigenvalue weighted by Gasteiger charge is -2.32. The number of aromatic hydroxyl groups is 2.